The lowest BCUT2D eigenvalue weighted by Crippen LogP contribution is -2.00. The summed E-state index contributed by atoms with van der Waals surface area (Å²) in [5.41, 5.74) is 0. The van der Waals surface area contributed by atoms with Crippen molar-refractivity contribution < 1.29 is 0 Å². The molecule has 3 aromatic rings. The summed E-state index contributed by atoms with van der Waals surface area (Å²) >= 11 is 3.55. The van der Waals surface area contributed by atoms with Crippen molar-refractivity contribution in [2.24, 2.45) is 0 Å². The van der Waals surface area contributed by atoms with Crippen molar-refractivity contribution in [3.8, 4) is 10.7 Å². The quantitative estimate of drug-likeness (QED) is 0.695. The van der Waals surface area contributed by atoms with Crippen LogP contribution in [0.1, 0.15) is 4.88 Å². The van der Waals surface area contributed by atoms with Gasteiger partial charge in [0.1, 0.15) is 5.82 Å². The first-order valence-corrected chi connectivity index (χ1v) is 7.27. The smallest absolute Gasteiger partial charge is 0.149 e. The van der Waals surface area contributed by atoms with Crippen LogP contribution in [0.4, 0.5) is 0 Å². The van der Waals surface area contributed by atoms with Gasteiger partial charge in [0, 0.05) is 23.8 Å². The molecule has 0 saturated carbocycles. The number of rotatable bonds is 4. The van der Waals surface area contributed by atoms with Crippen LogP contribution >= 0.6 is 22.7 Å². The Balaban J connectivity index is 1.78. The molecule has 0 spiro atoms. The molecular weight excluding hydrogens is 248 g/mol. The van der Waals surface area contributed by atoms with E-state index in [1.54, 1.807) is 11.3 Å². The van der Waals surface area contributed by atoms with E-state index in [2.05, 4.69) is 50.8 Å². The van der Waals surface area contributed by atoms with Crippen LogP contribution < -0.4 is 0 Å². The number of aromatic nitrogens is 2. The Morgan fingerprint density at radius 3 is 2.76 bits per heavy atom. The highest BCUT2D eigenvalue weighted by Crippen LogP contribution is 2.23. The molecular formula is C13H12N2S2. The summed E-state index contributed by atoms with van der Waals surface area (Å²) in [4.78, 5) is 7.10. The van der Waals surface area contributed by atoms with Crippen LogP contribution in [0, 0.1) is 0 Å². The molecule has 2 nitrogen and oxygen atoms in total. The average Bonchev–Trinajstić information content (AvgIpc) is 3.09. The van der Waals surface area contributed by atoms with Crippen molar-refractivity contribution in [2.45, 2.75) is 13.0 Å². The van der Waals surface area contributed by atoms with Gasteiger partial charge >= 0.3 is 0 Å². The lowest BCUT2D eigenvalue weighted by Gasteiger charge is -2.05. The Labute approximate surface area is 108 Å². The number of aryl methyl sites for hydroxylation is 2. The second-order valence-corrected chi connectivity index (χ2v) is 5.73. The van der Waals surface area contributed by atoms with Crippen LogP contribution in [-0.2, 0) is 13.0 Å². The normalized spacial score (nSPS) is 10.8. The fourth-order valence-electron chi connectivity index (χ4n) is 1.81. The fraction of sp³-hybridized carbons (Fsp3) is 0.154. The topological polar surface area (TPSA) is 17.8 Å². The summed E-state index contributed by atoms with van der Waals surface area (Å²) in [6.07, 6.45) is 5.01. The van der Waals surface area contributed by atoms with E-state index in [0.717, 1.165) is 18.8 Å². The zero-order valence-electron chi connectivity index (χ0n) is 9.24. The molecule has 0 fully saturated rings. The Morgan fingerprint density at radius 1 is 1.12 bits per heavy atom. The third kappa shape index (κ3) is 2.33. The molecule has 0 radical (unpaired) electrons. The Kier molecular flexibility index (Phi) is 3.07. The molecule has 0 amide bonds. The van der Waals surface area contributed by atoms with E-state index in [1.807, 2.05) is 17.5 Å². The zero-order chi connectivity index (χ0) is 11.5. The number of nitrogens with zero attached hydrogens (tertiary/aromatic N) is 2. The van der Waals surface area contributed by atoms with E-state index < -0.39 is 0 Å². The lowest BCUT2D eigenvalue weighted by molar-refractivity contribution is 0.710. The maximum atomic E-state index is 4.44. The minimum atomic E-state index is 0.994. The van der Waals surface area contributed by atoms with Crippen LogP contribution in [0.2, 0.25) is 0 Å². The molecule has 0 aromatic carbocycles. The van der Waals surface area contributed by atoms with Gasteiger partial charge in [-0.05, 0) is 29.3 Å². The van der Waals surface area contributed by atoms with E-state index in [1.165, 1.54) is 9.75 Å². The second kappa shape index (κ2) is 4.85. The number of imidazole rings is 1. The minimum Gasteiger partial charge on any atom is -0.330 e. The highest BCUT2D eigenvalue weighted by Gasteiger charge is 2.06. The van der Waals surface area contributed by atoms with Crippen molar-refractivity contribution in [2.75, 3.05) is 0 Å². The van der Waals surface area contributed by atoms with Gasteiger partial charge in [0.2, 0.25) is 0 Å². The van der Waals surface area contributed by atoms with Gasteiger partial charge in [0.15, 0.2) is 0 Å². The Morgan fingerprint density at radius 2 is 2.00 bits per heavy atom. The first-order valence-electron chi connectivity index (χ1n) is 5.51. The van der Waals surface area contributed by atoms with Crippen molar-refractivity contribution in [1.82, 2.24) is 9.55 Å². The molecule has 0 unspecified atom stereocenters. The SMILES string of the molecule is c1csc(CCn2ccnc2-c2cccs2)c1. The lowest BCUT2D eigenvalue weighted by atomic mass is 10.3. The van der Waals surface area contributed by atoms with Crippen molar-refractivity contribution in [3.63, 3.8) is 0 Å². The van der Waals surface area contributed by atoms with Gasteiger partial charge in [-0.2, -0.15) is 0 Å². The minimum absolute atomic E-state index is 0.994. The molecule has 0 bridgehead atoms. The molecule has 0 N–H and O–H groups in total. The number of hydrogen-bond acceptors (Lipinski definition) is 3. The van der Waals surface area contributed by atoms with Gasteiger partial charge in [-0.3, -0.25) is 0 Å². The highest BCUT2D eigenvalue weighted by molar-refractivity contribution is 7.13. The van der Waals surface area contributed by atoms with E-state index in [4.69, 9.17) is 0 Å². The van der Waals surface area contributed by atoms with Crippen LogP contribution in [-0.4, -0.2) is 9.55 Å². The van der Waals surface area contributed by atoms with E-state index in [-0.39, 0.29) is 0 Å². The zero-order valence-corrected chi connectivity index (χ0v) is 10.9. The third-order valence-corrected chi connectivity index (χ3v) is 4.44. The molecule has 0 aliphatic heterocycles. The standard InChI is InChI=1S/C13H12N2S2/c1-3-11(16-9-1)5-7-15-8-6-14-13(15)12-4-2-10-17-12/h1-4,6,8-10H,5,7H2. The summed E-state index contributed by atoms with van der Waals surface area (Å²) in [6, 6.07) is 8.48. The van der Waals surface area contributed by atoms with E-state index in [9.17, 15) is 0 Å². The highest BCUT2D eigenvalue weighted by atomic mass is 32.1. The summed E-state index contributed by atoms with van der Waals surface area (Å²) in [5.74, 6) is 1.08. The molecule has 0 aliphatic rings. The first kappa shape index (κ1) is 10.7. The molecule has 0 saturated heterocycles. The number of thiophene rings is 2. The van der Waals surface area contributed by atoms with E-state index >= 15 is 0 Å². The van der Waals surface area contributed by atoms with E-state index in [0.29, 0.717) is 0 Å². The molecule has 0 atom stereocenters. The predicted octanol–water partition coefficient (Wildman–Crippen LogP) is 3.92. The van der Waals surface area contributed by atoms with Crippen LogP contribution in [0.25, 0.3) is 10.7 Å². The molecule has 3 aromatic heterocycles. The molecule has 3 heterocycles. The van der Waals surface area contributed by atoms with Crippen molar-refractivity contribution in [3.05, 3.63) is 52.3 Å². The van der Waals surface area contributed by atoms with Gasteiger partial charge in [0.05, 0.1) is 4.88 Å². The van der Waals surface area contributed by atoms with Crippen LogP contribution in [0.5, 0.6) is 0 Å². The maximum absolute atomic E-state index is 4.44. The summed E-state index contributed by atoms with van der Waals surface area (Å²) < 4.78 is 2.23. The van der Waals surface area contributed by atoms with Crippen LogP contribution in [0.15, 0.2) is 47.4 Å². The monoisotopic (exact) mass is 260 g/mol. The molecule has 86 valence electrons. The molecule has 0 aliphatic carbocycles. The largest absolute Gasteiger partial charge is 0.330 e. The van der Waals surface area contributed by atoms with Gasteiger partial charge in [0.25, 0.3) is 0 Å². The molecule has 3 rings (SSSR count). The fourth-order valence-corrected chi connectivity index (χ4v) is 3.24. The average molecular weight is 260 g/mol. The molecule has 17 heavy (non-hydrogen) atoms. The second-order valence-electron chi connectivity index (χ2n) is 3.75. The van der Waals surface area contributed by atoms with Gasteiger partial charge in [-0.15, -0.1) is 22.7 Å². The Hall–Kier alpha value is -1.39. The number of hydrogen-bond donors (Lipinski definition) is 0. The van der Waals surface area contributed by atoms with Gasteiger partial charge in [-0.25, -0.2) is 4.98 Å². The van der Waals surface area contributed by atoms with Gasteiger partial charge in [-0.1, -0.05) is 12.1 Å². The Bertz CT molecular complexity index is 564. The molecule has 4 heteroatoms. The van der Waals surface area contributed by atoms with Crippen LogP contribution in [0.3, 0.4) is 0 Å². The third-order valence-electron chi connectivity index (χ3n) is 2.64. The summed E-state index contributed by atoms with van der Waals surface area (Å²) in [5, 5.41) is 4.22. The summed E-state index contributed by atoms with van der Waals surface area (Å²) in [7, 11) is 0. The summed E-state index contributed by atoms with van der Waals surface area (Å²) in [6.45, 7) is 0.994. The maximum Gasteiger partial charge on any atom is 0.149 e. The van der Waals surface area contributed by atoms with Crippen molar-refractivity contribution in [1.29, 1.82) is 0 Å². The predicted molar refractivity (Wildman–Crippen MR) is 73.6 cm³/mol. The first-order chi connectivity index (χ1) is 8.43. The van der Waals surface area contributed by atoms with Crippen molar-refractivity contribution >= 4 is 22.7 Å². The van der Waals surface area contributed by atoms with Gasteiger partial charge < -0.3 is 4.57 Å².